The predicted octanol–water partition coefficient (Wildman–Crippen LogP) is 17.5. The maximum Gasteiger partial charge on any atom is 0.296 e. The highest BCUT2D eigenvalue weighted by molar-refractivity contribution is 6.94. The van der Waals surface area contributed by atoms with Crippen LogP contribution in [0.5, 0.6) is 0 Å². The van der Waals surface area contributed by atoms with Crippen molar-refractivity contribution < 1.29 is 8.83 Å². The van der Waals surface area contributed by atoms with E-state index in [4.69, 9.17) is 8.83 Å². The van der Waals surface area contributed by atoms with Crippen LogP contribution in [0.2, 0.25) is 0 Å². The van der Waals surface area contributed by atoms with Crippen molar-refractivity contribution in [2.75, 3.05) is 14.7 Å². The van der Waals surface area contributed by atoms with Gasteiger partial charge in [-0.3, -0.25) is 0 Å². The van der Waals surface area contributed by atoms with E-state index < -0.39 is 0 Å². The van der Waals surface area contributed by atoms with Crippen LogP contribution >= 0.6 is 0 Å². The second kappa shape index (κ2) is 16.2. The van der Waals surface area contributed by atoms with Gasteiger partial charge >= 0.3 is 0 Å². The Morgan fingerprint density at radius 3 is 1.80 bits per heavy atom. The molecule has 0 spiro atoms. The minimum Gasteiger partial charge on any atom is -0.468 e. The molecule has 2 aromatic heterocycles. The van der Waals surface area contributed by atoms with E-state index in [0.29, 0.717) is 0 Å². The maximum absolute atomic E-state index is 7.80. The first kappa shape index (κ1) is 47.3. The van der Waals surface area contributed by atoms with Gasteiger partial charge in [0.15, 0.2) is 0 Å². The van der Waals surface area contributed by atoms with Crippen molar-refractivity contribution in [3.05, 3.63) is 202 Å². The summed E-state index contributed by atoms with van der Waals surface area (Å²) in [7, 11) is 0. The minimum atomic E-state index is -0.192. The fraction of sp³-hybridized carbons (Fsp3) is 0.314. The molecule has 6 heteroatoms. The summed E-state index contributed by atoms with van der Waals surface area (Å²) in [4.78, 5) is 7.89. The van der Waals surface area contributed by atoms with Gasteiger partial charge in [0, 0.05) is 51.3 Å². The lowest BCUT2D eigenvalue weighted by Gasteiger charge is -2.49. The molecule has 9 aromatic rings. The second-order valence-electron chi connectivity index (χ2n) is 26.6. The highest BCUT2D eigenvalue weighted by Gasteiger charge is 2.52. The first-order valence-electron chi connectivity index (χ1n) is 28.1. The monoisotopic (exact) mass is 996 g/mol. The minimum absolute atomic E-state index is 0.00124. The SMILES string of the molecule is CC(C)(C)c1ccc2c(c1)B1C3=C(CC(N(c4ccccc4)c4ccccc4)C=C3N(c3ccc4c(c3)C(C)(C)CCC4(C)C)c3c1oc1cc4c(cc31)C(C)(C)CCC4(C)C)N2c1cccc2oc3ccccc3c12. The molecule has 7 aromatic carbocycles. The fourth-order valence-electron chi connectivity index (χ4n) is 14.3. The van der Waals surface area contributed by atoms with E-state index in [9.17, 15) is 0 Å². The van der Waals surface area contributed by atoms with Crippen LogP contribution in [0.1, 0.15) is 136 Å². The van der Waals surface area contributed by atoms with E-state index in [1.807, 2.05) is 0 Å². The number of para-hydroxylation sites is 3. The van der Waals surface area contributed by atoms with Gasteiger partial charge in [-0.1, -0.05) is 155 Å². The van der Waals surface area contributed by atoms with Crippen LogP contribution < -0.4 is 25.8 Å². The standard InChI is InChI=1S/C70H70BN3O2/c1-66(2,3)43-29-32-55-54(37-43)71-63-57(39-47(72(44-21-14-12-15-22-44)45-23-16-13-17-24-45)40-58(63)74(55)56-26-20-28-60-62(56)48-25-18-19-27-59(48)75-60)73(46-30-31-50-51(38-46)68(6,7)34-33-67(50,4)5)64-49-41-52-53(42-61(49)76-65(64)71)70(10,11)36-35-69(52,8)9/h12-32,37-39,41-42,47H,33-36,40H2,1-11H3. The zero-order valence-corrected chi connectivity index (χ0v) is 46.4. The molecule has 1 atom stereocenters. The van der Waals surface area contributed by atoms with Crippen molar-refractivity contribution in [3.63, 3.8) is 0 Å². The molecule has 5 aliphatic rings. The molecule has 0 N–H and O–H groups in total. The Morgan fingerprint density at radius 2 is 1.13 bits per heavy atom. The molecule has 0 saturated heterocycles. The first-order valence-corrected chi connectivity index (χ1v) is 28.1. The van der Waals surface area contributed by atoms with Gasteiger partial charge in [0.05, 0.1) is 28.5 Å². The Labute approximate surface area is 450 Å². The molecular weight excluding hydrogens is 926 g/mol. The number of anilines is 6. The zero-order chi connectivity index (χ0) is 52.4. The number of rotatable bonds is 5. The van der Waals surface area contributed by atoms with E-state index in [2.05, 4.69) is 249 Å². The summed E-state index contributed by atoms with van der Waals surface area (Å²) in [6.45, 7) is 26.4. The smallest absolute Gasteiger partial charge is 0.296 e. The molecular formula is C70H70BN3O2. The van der Waals surface area contributed by atoms with E-state index >= 15 is 0 Å². The molecule has 14 rings (SSSR count). The Kier molecular flexibility index (Phi) is 10.1. The molecule has 2 aliphatic heterocycles. The summed E-state index contributed by atoms with van der Waals surface area (Å²) in [5.41, 5.74) is 22.8. The van der Waals surface area contributed by atoms with Crippen molar-refractivity contribution in [2.45, 2.75) is 141 Å². The third-order valence-electron chi connectivity index (χ3n) is 18.8. The van der Waals surface area contributed by atoms with E-state index in [0.717, 1.165) is 82.3 Å². The lowest BCUT2D eigenvalue weighted by atomic mass is 9.33. The lowest BCUT2D eigenvalue weighted by molar-refractivity contribution is 0.332. The quantitative estimate of drug-likeness (QED) is 0.161. The summed E-state index contributed by atoms with van der Waals surface area (Å²) in [5.74, 6) is 0. The van der Waals surface area contributed by atoms with Crippen LogP contribution in [0.4, 0.5) is 34.1 Å². The molecule has 0 bridgehead atoms. The molecule has 0 saturated carbocycles. The molecule has 5 nitrogen and oxygen atoms in total. The van der Waals surface area contributed by atoms with E-state index in [1.54, 1.807) is 0 Å². The second-order valence-corrected chi connectivity index (χ2v) is 26.6. The van der Waals surface area contributed by atoms with Crippen LogP contribution in [-0.4, -0.2) is 12.8 Å². The van der Waals surface area contributed by atoms with Crippen LogP contribution in [0.3, 0.4) is 0 Å². The fourth-order valence-corrected chi connectivity index (χ4v) is 14.3. The summed E-state index contributed by atoms with van der Waals surface area (Å²) < 4.78 is 14.5. The number of benzene rings is 7. The Hall–Kier alpha value is -7.18. The number of nitrogens with zero attached hydrogens (tertiary/aromatic N) is 3. The Bertz CT molecular complexity index is 3890. The highest BCUT2D eigenvalue weighted by Crippen LogP contribution is 2.56. The molecule has 0 radical (unpaired) electrons. The summed E-state index contributed by atoms with van der Waals surface area (Å²) in [6, 6.07) is 57.0. The third-order valence-corrected chi connectivity index (χ3v) is 18.8. The van der Waals surface area contributed by atoms with Gasteiger partial charge in [-0.15, -0.1) is 0 Å². The van der Waals surface area contributed by atoms with Gasteiger partial charge in [0.1, 0.15) is 16.7 Å². The Balaban J connectivity index is 1.15. The molecule has 4 heterocycles. The van der Waals surface area contributed by atoms with Crippen molar-refractivity contribution in [1.29, 1.82) is 0 Å². The van der Waals surface area contributed by atoms with Crippen molar-refractivity contribution in [1.82, 2.24) is 0 Å². The van der Waals surface area contributed by atoms with Gasteiger partial charge in [-0.05, 0) is 170 Å². The first-order chi connectivity index (χ1) is 36.3. The van der Waals surface area contributed by atoms with Crippen LogP contribution in [0, 0.1) is 0 Å². The maximum atomic E-state index is 7.80. The number of furan rings is 2. The normalized spacial score (nSPS) is 19.8. The predicted molar refractivity (Wildman–Crippen MR) is 320 cm³/mol. The Morgan fingerprint density at radius 1 is 0.526 bits per heavy atom. The van der Waals surface area contributed by atoms with Crippen molar-refractivity contribution in [2.24, 2.45) is 0 Å². The van der Waals surface area contributed by atoms with Crippen molar-refractivity contribution >= 4 is 84.9 Å². The zero-order valence-electron chi connectivity index (χ0n) is 46.4. The molecule has 0 amide bonds. The molecule has 1 unspecified atom stereocenters. The van der Waals surface area contributed by atoms with Crippen LogP contribution in [0.25, 0.3) is 32.9 Å². The third kappa shape index (κ3) is 6.97. The summed E-state index contributed by atoms with van der Waals surface area (Å²) in [5, 5.41) is 3.43. The van der Waals surface area contributed by atoms with E-state index in [1.165, 1.54) is 72.6 Å². The largest absolute Gasteiger partial charge is 0.468 e. The number of fused-ring (bicyclic) bond motifs is 11. The topological polar surface area (TPSA) is 36.0 Å². The number of hydrogen-bond acceptors (Lipinski definition) is 5. The van der Waals surface area contributed by atoms with Crippen LogP contribution in [0.15, 0.2) is 183 Å². The summed E-state index contributed by atoms with van der Waals surface area (Å²) >= 11 is 0. The lowest BCUT2D eigenvalue weighted by Crippen LogP contribution is -2.58. The molecule has 0 fully saturated rings. The molecule has 380 valence electrons. The van der Waals surface area contributed by atoms with Gasteiger partial charge in [-0.25, -0.2) is 0 Å². The number of allylic oxidation sites excluding steroid dienone is 1. The van der Waals surface area contributed by atoms with Gasteiger partial charge in [0.2, 0.25) is 0 Å². The number of hydrogen-bond donors (Lipinski definition) is 0. The highest BCUT2D eigenvalue weighted by atomic mass is 16.3. The average molecular weight is 996 g/mol. The van der Waals surface area contributed by atoms with E-state index in [-0.39, 0.29) is 39.8 Å². The van der Waals surface area contributed by atoms with Gasteiger partial charge in [-0.2, -0.15) is 0 Å². The molecule has 3 aliphatic carbocycles. The average Bonchev–Trinajstić information content (AvgIpc) is 4.15. The van der Waals surface area contributed by atoms with Crippen LogP contribution in [-0.2, 0) is 27.1 Å². The molecule has 76 heavy (non-hydrogen) atoms. The van der Waals surface area contributed by atoms with Gasteiger partial charge < -0.3 is 23.5 Å². The summed E-state index contributed by atoms with van der Waals surface area (Å²) in [6.07, 6.45) is 7.93. The van der Waals surface area contributed by atoms with Gasteiger partial charge in [0.25, 0.3) is 6.71 Å². The van der Waals surface area contributed by atoms with Crippen molar-refractivity contribution in [3.8, 4) is 0 Å².